The van der Waals surface area contributed by atoms with Crippen molar-refractivity contribution >= 4 is 6.03 Å². The Labute approximate surface area is 133 Å². The lowest BCUT2D eigenvalue weighted by Gasteiger charge is -2.28. The van der Waals surface area contributed by atoms with Crippen LogP contribution in [0.15, 0.2) is 24.3 Å². The molecule has 0 aromatic heterocycles. The molecule has 0 aliphatic heterocycles. The number of hydrogen-bond acceptors (Lipinski definition) is 2. The standard InChI is InChI=1S/C18H28N2O2/c1-14(17-5-3-2-4-6-17)20-18(22)19-12-11-15-7-9-16(13-21)10-8-15/h7-10,14,17,21H,2-6,11-13H2,1H3,(H2,19,20,22). The van der Waals surface area contributed by atoms with Gasteiger partial charge in [-0.25, -0.2) is 4.79 Å². The predicted octanol–water partition coefficient (Wildman–Crippen LogP) is 2.99. The summed E-state index contributed by atoms with van der Waals surface area (Å²) in [5, 5.41) is 15.0. The average Bonchev–Trinajstić information content (AvgIpc) is 2.56. The number of aliphatic hydroxyl groups is 1. The third-order valence-corrected chi connectivity index (χ3v) is 4.62. The van der Waals surface area contributed by atoms with E-state index in [0.717, 1.165) is 17.5 Å². The molecule has 1 unspecified atom stereocenters. The van der Waals surface area contributed by atoms with E-state index >= 15 is 0 Å². The minimum absolute atomic E-state index is 0.0648. The van der Waals surface area contributed by atoms with E-state index < -0.39 is 0 Å². The van der Waals surface area contributed by atoms with Gasteiger partial charge in [0.2, 0.25) is 0 Å². The number of benzene rings is 1. The van der Waals surface area contributed by atoms with Gasteiger partial charge in [0.25, 0.3) is 0 Å². The highest BCUT2D eigenvalue weighted by atomic mass is 16.3. The lowest BCUT2D eigenvalue weighted by molar-refractivity contribution is 0.225. The highest BCUT2D eigenvalue weighted by Gasteiger charge is 2.21. The fraction of sp³-hybridized carbons (Fsp3) is 0.611. The highest BCUT2D eigenvalue weighted by Crippen LogP contribution is 2.26. The third-order valence-electron chi connectivity index (χ3n) is 4.62. The normalized spacial score (nSPS) is 17.0. The minimum Gasteiger partial charge on any atom is -0.392 e. The van der Waals surface area contributed by atoms with Crippen LogP contribution < -0.4 is 10.6 Å². The zero-order valence-electron chi connectivity index (χ0n) is 13.5. The number of hydrogen-bond donors (Lipinski definition) is 3. The molecule has 22 heavy (non-hydrogen) atoms. The molecule has 1 aromatic carbocycles. The SMILES string of the molecule is CC(NC(=O)NCCc1ccc(CO)cc1)C1CCCCC1. The Kier molecular flexibility index (Phi) is 6.72. The van der Waals surface area contributed by atoms with Crippen LogP contribution in [0.2, 0.25) is 0 Å². The van der Waals surface area contributed by atoms with Gasteiger partial charge in [0.15, 0.2) is 0 Å². The summed E-state index contributed by atoms with van der Waals surface area (Å²) in [6.07, 6.45) is 7.20. The molecule has 2 rings (SSSR count). The number of rotatable bonds is 6. The summed E-state index contributed by atoms with van der Waals surface area (Å²) in [6, 6.07) is 8.02. The summed E-state index contributed by atoms with van der Waals surface area (Å²) in [5.74, 6) is 0.630. The summed E-state index contributed by atoms with van der Waals surface area (Å²) in [4.78, 5) is 11.9. The van der Waals surface area contributed by atoms with Crippen LogP contribution in [-0.2, 0) is 13.0 Å². The van der Waals surface area contributed by atoms with Gasteiger partial charge in [-0.15, -0.1) is 0 Å². The van der Waals surface area contributed by atoms with Gasteiger partial charge < -0.3 is 15.7 Å². The van der Waals surface area contributed by atoms with Crippen LogP contribution in [0.3, 0.4) is 0 Å². The number of nitrogens with one attached hydrogen (secondary N) is 2. The lowest BCUT2D eigenvalue weighted by Crippen LogP contribution is -2.45. The van der Waals surface area contributed by atoms with Crippen molar-refractivity contribution in [2.75, 3.05) is 6.54 Å². The molecule has 4 nitrogen and oxygen atoms in total. The van der Waals surface area contributed by atoms with Crippen molar-refractivity contribution in [3.05, 3.63) is 35.4 Å². The molecule has 0 spiro atoms. The van der Waals surface area contributed by atoms with Gasteiger partial charge in [-0.2, -0.15) is 0 Å². The molecule has 2 amide bonds. The highest BCUT2D eigenvalue weighted by molar-refractivity contribution is 5.74. The maximum atomic E-state index is 11.9. The second-order valence-electron chi connectivity index (χ2n) is 6.31. The maximum absolute atomic E-state index is 11.9. The van der Waals surface area contributed by atoms with E-state index in [1.807, 2.05) is 24.3 Å². The van der Waals surface area contributed by atoms with Crippen molar-refractivity contribution < 1.29 is 9.90 Å². The van der Waals surface area contributed by atoms with Crippen LogP contribution in [0.5, 0.6) is 0 Å². The fourth-order valence-corrected chi connectivity index (χ4v) is 3.14. The Bertz CT molecular complexity index is 453. The number of carbonyl (C=O) groups excluding carboxylic acids is 1. The molecule has 0 radical (unpaired) electrons. The van der Waals surface area contributed by atoms with E-state index in [9.17, 15) is 4.79 Å². The van der Waals surface area contributed by atoms with Crippen molar-refractivity contribution in [2.24, 2.45) is 5.92 Å². The van der Waals surface area contributed by atoms with Crippen molar-refractivity contribution in [2.45, 2.75) is 58.1 Å². The topological polar surface area (TPSA) is 61.4 Å². The number of urea groups is 1. The van der Waals surface area contributed by atoms with Crippen molar-refractivity contribution in [3.8, 4) is 0 Å². The summed E-state index contributed by atoms with van der Waals surface area (Å²) in [7, 11) is 0. The van der Waals surface area contributed by atoms with Gasteiger partial charge in [0, 0.05) is 12.6 Å². The van der Waals surface area contributed by atoms with Gasteiger partial charge >= 0.3 is 6.03 Å². The monoisotopic (exact) mass is 304 g/mol. The molecule has 1 aromatic rings. The van der Waals surface area contributed by atoms with Gasteiger partial charge in [0.05, 0.1) is 6.61 Å². The van der Waals surface area contributed by atoms with Crippen molar-refractivity contribution in [1.29, 1.82) is 0 Å². The van der Waals surface area contributed by atoms with Gasteiger partial charge in [0.1, 0.15) is 0 Å². The van der Waals surface area contributed by atoms with Gasteiger partial charge in [-0.05, 0) is 43.2 Å². The maximum Gasteiger partial charge on any atom is 0.315 e. The molecule has 0 heterocycles. The van der Waals surface area contributed by atoms with E-state index in [2.05, 4.69) is 17.6 Å². The zero-order chi connectivity index (χ0) is 15.8. The molecule has 1 atom stereocenters. The average molecular weight is 304 g/mol. The van der Waals surface area contributed by atoms with E-state index in [0.29, 0.717) is 12.5 Å². The molecule has 1 fully saturated rings. The molecular weight excluding hydrogens is 276 g/mol. The summed E-state index contributed by atoms with van der Waals surface area (Å²) in [6.45, 7) is 2.81. The predicted molar refractivity (Wildman–Crippen MR) is 88.6 cm³/mol. The Morgan fingerprint density at radius 2 is 1.82 bits per heavy atom. The van der Waals surface area contributed by atoms with Gasteiger partial charge in [-0.1, -0.05) is 43.5 Å². The molecular formula is C18H28N2O2. The number of aliphatic hydroxyl groups excluding tert-OH is 1. The molecule has 122 valence electrons. The first kappa shape index (κ1) is 16.8. The third kappa shape index (κ3) is 5.34. The van der Waals surface area contributed by atoms with E-state index in [-0.39, 0.29) is 18.7 Å². The molecule has 1 aliphatic carbocycles. The Hall–Kier alpha value is -1.55. The lowest BCUT2D eigenvalue weighted by atomic mass is 9.85. The summed E-state index contributed by atoms with van der Waals surface area (Å²) in [5.41, 5.74) is 2.08. The van der Waals surface area contributed by atoms with E-state index in [1.165, 1.54) is 32.1 Å². The molecule has 0 bridgehead atoms. The van der Waals surface area contributed by atoms with Crippen LogP contribution in [0, 0.1) is 5.92 Å². The van der Waals surface area contributed by atoms with Crippen molar-refractivity contribution in [3.63, 3.8) is 0 Å². The molecule has 0 saturated heterocycles. The second-order valence-corrected chi connectivity index (χ2v) is 6.31. The van der Waals surface area contributed by atoms with Crippen LogP contribution >= 0.6 is 0 Å². The molecule has 1 aliphatic rings. The van der Waals surface area contributed by atoms with E-state index in [1.54, 1.807) is 0 Å². The van der Waals surface area contributed by atoms with Crippen LogP contribution in [-0.4, -0.2) is 23.7 Å². The molecule has 1 saturated carbocycles. The Morgan fingerprint density at radius 3 is 2.45 bits per heavy atom. The van der Waals surface area contributed by atoms with Crippen LogP contribution in [0.1, 0.15) is 50.2 Å². The fourth-order valence-electron chi connectivity index (χ4n) is 3.14. The Morgan fingerprint density at radius 1 is 1.18 bits per heavy atom. The van der Waals surface area contributed by atoms with Crippen LogP contribution in [0.25, 0.3) is 0 Å². The molecule has 4 heteroatoms. The second kappa shape index (κ2) is 8.79. The first-order valence-corrected chi connectivity index (χ1v) is 8.42. The quantitative estimate of drug-likeness (QED) is 0.756. The summed E-state index contributed by atoms with van der Waals surface area (Å²) >= 11 is 0. The van der Waals surface area contributed by atoms with Gasteiger partial charge in [-0.3, -0.25) is 0 Å². The van der Waals surface area contributed by atoms with Crippen LogP contribution in [0.4, 0.5) is 4.79 Å². The number of carbonyl (C=O) groups is 1. The first-order chi connectivity index (χ1) is 10.7. The zero-order valence-corrected chi connectivity index (χ0v) is 13.5. The van der Waals surface area contributed by atoms with Crippen molar-refractivity contribution in [1.82, 2.24) is 10.6 Å². The smallest absolute Gasteiger partial charge is 0.315 e. The molecule has 3 N–H and O–H groups in total. The van der Waals surface area contributed by atoms with E-state index in [4.69, 9.17) is 5.11 Å². The summed E-state index contributed by atoms with van der Waals surface area (Å²) < 4.78 is 0. The Balaban J connectivity index is 1.66. The number of amides is 2. The largest absolute Gasteiger partial charge is 0.392 e. The minimum atomic E-state index is -0.0648. The first-order valence-electron chi connectivity index (χ1n) is 8.42.